The number of carboxylic acids is 1. The van der Waals surface area contributed by atoms with Crippen molar-refractivity contribution in [1.29, 1.82) is 0 Å². The van der Waals surface area contributed by atoms with Crippen molar-refractivity contribution in [2.75, 3.05) is 12.9 Å². The third-order valence-electron chi connectivity index (χ3n) is 1.88. The van der Waals surface area contributed by atoms with Gasteiger partial charge in [-0.2, -0.15) is 0 Å². The van der Waals surface area contributed by atoms with Gasteiger partial charge in [0.05, 0.1) is 12.7 Å². The first-order valence-electron chi connectivity index (χ1n) is 4.73. The SMILES string of the molecule is CCCSc1cc(OC)ccc1C(=O)O. The first kappa shape index (κ1) is 11.9. The maximum Gasteiger partial charge on any atom is 0.336 e. The maximum atomic E-state index is 10.9. The van der Waals surface area contributed by atoms with Gasteiger partial charge < -0.3 is 9.84 Å². The second-order valence-electron chi connectivity index (χ2n) is 3.02. The average molecular weight is 226 g/mol. The van der Waals surface area contributed by atoms with Gasteiger partial charge in [0.25, 0.3) is 0 Å². The smallest absolute Gasteiger partial charge is 0.336 e. The molecule has 1 N–H and O–H groups in total. The average Bonchev–Trinajstić information content (AvgIpc) is 2.25. The zero-order chi connectivity index (χ0) is 11.3. The van der Waals surface area contributed by atoms with E-state index in [2.05, 4.69) is 6.92 Å². The van der Waals surface area contributed by atoms with Crippen molar-refractivity contribution in [3.63, 3.8) is 0 Å². The molecule has 0 bridgehead atoms. The third-order valence-corrected chi connectivity index (χ3v) is 3.14. The first-order valence-corrected chi connectivity index (χ1v) is 5.71. The highest BCUT2D eigenvalue weighted by Crippen LogP contribution is 2.27. The summed E-state index contributed by atoms with van der Waals surface area (Å²) in [6.45, 7) is 2.06. The number of thioether (sulfide) groups is 1. The zero-order valence-corrected chi connectivity index (χ0v) is 9.63. The lowest BCUT2D eigenvalue weighted by Gasteiger charge is -2.07. The van der Waals surface area contributed by atoms with Crippen LogP contribution in [0, 0.1) is 0 Å². The topological polar surface area (TPSA) is 46.5 Å². The largest absolute Gasteiger partial charge is 0.497 e. The van der Waals surface area contributed by atoms with Gasteiger partial charge in [-0.3, -0.25) is 0 Å². The molecule has 0 amide bonds. The van der Waals surface area contributed by atoms with Gasteiger partial charge in [0.2, 0.25) is 0 Å². The molecule has 0 radical (unpaired) electrons. The van der Waals surface area contributed by atoms with E-state index in [4.69, 9.17) is 9.84 Å². The molecule has 15 heavy (non-hydrogen) atoms. The molecule has 0 aliphatic rings. The molecule has 82 valence electrons. The van der Waals surface area contributed by atoms with Crippen molar-refractivity contribution in [3.05, 3.63) is 23.8 Å². The summed E-state index contributed by atoms with van der Waals surface area (Å²) in [4.78, 5) is 11.7. The normalized spacial score (nSPS) is 10.0. The molecular weight excluding hydrogens is 212 g/mol. The van der Waals surface area contributed by atoms with E-state index in [0.29, 0.717) is 11.3 Å². The lowest BCUT2D eigenvalue weighted by molar-refractivity contribution is 0.0693. The minimum Gasteiger partial charge on any atom is -0.497 e. The second-order valence-corrected chi connectivity index (χ2v) is 4.15. The summed E-state index contributed by atoms with van der Waals surface area (Å²) in [5.41, 5.74) is 0.342. The van der Waals surface area contributed by atoms with Gasteiger partial charge >= 0.3 is 5.97 Å². The van der Waals surface area contributed by atoms with Crippen LogP contribution in [0.2, 0.25) is 0 Å². The monoisotopic (exact) mass is 226 g/mol. The highest BCUT2D eigenvalue weighted by Gasteiger charge is 2.10. The standard InChI is InChI=1S/C11H14O3S/c1-3-6-15-10-7-8(14-2)4-5-9(10)11(12)13/h4-5,7H,3,6H2,1-2H3,(H,12,13). The van der Waals surface area contributed by atoms with Crippen molar-refractivity contribution in [2.24, 2.45) is 0 Å². The fourth-order valence-electron chi connectivity index (χ4n) is 1.14. The summed E-state index contributed by atoms with van der Waals surface area (Å²) in [7, 11) is 1.57. The highest BCUT2D eigenvalue weighted by atomic mass is 32.2. The van der Waals surface area contributed by atoms with E-state index >= 15 is 0 Å². The Bertz CT molecular complexity index is 350. The molecule has 0 unspecified atom stereocenters. The van der Waals surface area contributed by atoms with E-state index in [1.807, 2.05) is 0 Å². The molecule has 0 atom stereocenters. The van der Waals surface area contributed by atoms with Crippen LogP contribution in [0.1, 0.15) is 23.7 Å². The molecule has 0 aliphatic heterocycles. The summed E-state index contributed by atoms with van der Waals surface area (Å²) in [5, 5.41) is 8.97. The Balaban J connectivity index is 2.99. The lowest BCUT2D eigenvalue weighted by atomic mass is 10.2. The summed E-state index contributed by atoms with van der Waals surface area (Å²) in [5.74, 6) is 0.711. The Morgan fingerprint density at radius 1 is 1.53 bits per heavy atom. The van der Waals surface area contributed by atoms with Crippen molar-refractivity contribution in [2.45, 2.75) is 18.2 Å². The molecular formula is C11H14O3S. The molecule has 1 aromatic carbocycles. The number of benzene rings is 1. The van der Waals surface area contributed by atoms with Crippen molar-refractivity contribution < 1.29 is 14.6 Å². The lowest BCUT2D eigenvalue weighted by Crippen LogP contribution is -1.99. The predicted molar refractivity (Wildman–Crippen MR) is 61.0 cm³/mol. The first-order chi connectivity index (χ1) is 7.19. The number of methoxy groups -OCH3 is 1. The predicted octanol–water partition coefficient (Wildman–Crippen LogP) is 2.90. The van der Waals surface area contributed by atoms with E-state index in [1.165, 1.54) is 0 Å². The molecule has 0 aromatic heterocycles. The summed E-state index contributed by atoms with van der Waals surface area (Å²) in [6, 6.07) is 5.02. The second kappa shape index (κ2) is 5.66. The number of hydrogen-bond donors (Lipinski definition) is 1. The highest BCUT2D eigenvalue weighted by molar-refractivity contribution is 7.99. The number of carboxylic acid groups (broad SMARTS) is 1. The molecule has 4 heteroatoms. The minimum absolute atomic E-state index is 0.342. The van der Waals surface area contributed by atoms with Crippen LogP contribution in [0.5, 0.6) is 5.75 Å². The molecule has 0 fully saturated rings. The van der Waals surface area contributed by atoms with Crippen LogP contribution in [0.15, 0.2) is 23.1 Å². The summed E-state index contributed by atoms with van der Waals surface area (Å²) in [6.07, 6.45) is 1.01. The van der Waals surface area contributed by atoms with Gasteiger partial charge in [-0.1, -0.05) is 6.92 Å². The number of carbonyl (C=O) groups is 1. The molecule has 0 saturated heterocycles. The molecule has 0 heterocycles. The van der Waals surface area contributed by atoms with Crippen LogP contribution >= 0.6 is 11.8 Å². The molecule has 1 aromatic rings. The fourth-order valence-corrected chi connectivity index (χ4v) is 2.07. The number of aromatic carboxylic acids is 1. The molecule has 1 rings (SSSR count). The van der Waals surface area contributed by atoms with Gasteiger partial charge in [0, 0.05) is 4.90 Å². The van der Waals surface area contributed by atoms with Crippen LogP contribution < -0.4 is 4.74 Å². The molecule has 0 aliphatic carbocycles. The van der Waals surface area contributed by atoms with Gasteiger partial charge in [0.15, 0.2) is 0 Å². The Hall–Kier alpha value is -1.16. The Morgan fingerprint density at radius 2 is 2.27 bits per heavy atom. The fraction of sp³-hybridized carbons (Fsp3) is 0.364. The van der Waals surface area contributed by atoms with Crippen LogP contribution in [-0.4, -0.2) is 23.9 Å². The van der Waals surface area contributed by atoms with Crippen LogP contribution in [-0.2, 0) is 0 Å². The molecule has 3 nitrogen and oxygen atoms in total. The summed E-state index contributed by atoms with van der Waals surface area (Å²) < 4.78 is 5.06. The quantitative estimate of drug-likeness (QED) is 0.784. The number of ether oxygens (including phenoxy) is 1. The van der Waals surface area contributed by atoms with Gasteiger partial charge in [0.1, 0.15) is 5.75 Å². The zero-order valence-electron chi connectivity index (χ0n) is 8.82. The number of hydrogen-bond acceptors (Lipinski definition) is 3. The minimum atomic E-state index is -0.892. The van der Waals surface area contributed by atoms with Gasteiger partial charge in [-0.15, -0.1) is 11.8 Å². The van der Waals surface area contributed by atoms with Crippen molar-refractivity contribution >= 4 is 17.7 Å². The van der Waals surface area contributed by atoms with Crippen LogP contribution in [0.3, 0.4) is 0 Å². The molecule has 0 spiro atoms. The Morgan fingerprint density at radius 3 is 2.80 bits per heavy atom. The maximum absolute atomic E-state index is 10.9. The molecule has 0 saturated carbocycles. The van der Waals surface area contributed by atoms with Gasteiger partial charge in [-0.25, -0.2) is 4.79 Å². The van der Waals surface area contributed by atoms with Crippen molar-refractivity contribution in [1.82, 2.24) is 0 Å². The van der Waals surface area contributed by atoms with Crippen LogP contribution in [0.4, 0.5) is 0 Å². The van der Waals surface area contributed by atoms with E-state index in [-0.39, 0.29) is 0 Å². The Labute approximate surface area is 93.4 Å². The third kappa shape index (κ3) is 3.16. The van der Waals surface area contributed by atoms with Crippen LogP contribution in [0.25, 0.3) is 0 Å². The van der Waals surface area contributed by atoms with Gasteiger partial charge in [-0.05, 0) is 30.4 Å². The van der Waals surface area contributed by atoms with Crippen molar-refractivity contribution in [3.8, 4) is 5.75 Å². The van der Waals surface area contributed by atoms with E-state index < -0.39 is 5.97 Å². The summed E-state index contributed by atoms with van der Waals surface area (Å²) >= 11 is 1.54. The van der Waals surface area contributed by atoms with E-state index in [1.54, 1.807) is 37.1 Å². The van der Waals surface area contributed by atoms with E-state index in [9.17, 15) is 4.79 Å². The Kier molecular flexibility index (Phi) is 4.49. The number of rotatable bonds is 5. The van der Waals surface area contributed by atoms with E-state index in [0.717, 1.165) is 17.1 Å².